The second kappa shape index (κ2) is 6.23. The fourth-order valence-electron chi connectivity index (χ4n) is 0.760. The van der Waals surface area contributed by atoms with Crippen LogP contribution >= 0.6 is 15.9 Å². The smallest absolute Gasteiger partial charge is 0.334 e. The van der Waals surface area contributed by atoms with Gasteiger partial charge in [-0.3, -0.25) is 0 Å². The van der Waals surface area contributed by atoms with Crippen LogP contribution in [0.5, 0.6) is 0 Å². The lowest BCUT2D eigenvalue weighted by atomic mass is 10.1. The zero-order valence-electron chi connectivity index (χ0n) is 7.76. The summed E-state index contributed by atoms with van der Waals surface area (Å²) in [6.45, 7) is 4.16. The van der Waals surface area contributed by atoms with E-state index in [9.17, 15) is 4.79 Å². The van der Waals surface area contributed by atoms with Gasteiger partial charge in [0, 0.05) is 10.9 Å². The average molecular weight is 235 g/mol. The van der Waals surface area contributed by atoms with Crippen molar-refractivity contribution >= 4 is 21.9 Å². The number of methoxy groups -OCH3 is 1. The lowest BCUT2D eigenvalue weighted by Gasteiger charge is -2.05. The van der Waals surface area contributed by atoms with E-state index < -0.39 is 0 Å². The number of halogens is 1. The van der Waals surface area contributed by atoms with Crippen molar-refractivity contribution in [1.82, 2.24) is 0 Å². The SMILES string of the molecule is CC[C@H](C)/C=C(\CBr)C(=O)OC. The van der Waals surface area contributed by atoms with Gasteiger partial charge in [0.05, 0.1) is 7.11 Å². The third-order valence-corrected chi connectivity index (χ3v) is 2.33. The summed E-state index contributed by atoms with van der Waals surface area (Å²) in [5, 5.41) is 0.560. The molecule has 3 heteroatoms. The molecule has 0 aliphatic carbocycles. The van der Waals surface area contributed by atoms with E-state index in [1.807, 2.05) is 6.08 Å². The van der Waals surface area contributed by atoms with Crippen molar-refractivity contribution in [3.8, 4) is 0 Å². The van der Waals surface area contributed by atoms with E-state index in [2.05, 4.69) is 34.5 Å². The normalized spacial score (nSPS) is 14.2. The van der Waals surface area contributed by atoms with Crippen molar-refractivity contribution in [2.24, 2.45) is 5.92 Å². The van der Waals surface area contributed by atoms with Gasteiger partial charge in [0.2, 0.25) is 0 Å². The van der Waals surface area contributed by atoms with Gasteiger partial charge in [0.1, 0.15) is 0 Å². The summed E-state index contributed by atoms with van der Waals surface area (Å²) < 4.78 is 4.61. The van der Waals surface area contributed by atoms with Crippen molar-refractivity contribution < 1.29 is 9.53 Å². The molecule has 0 N–H and O–H groups in total. The maximum absolute atomic E-state index is 11.1. The molecule has 0 aromatic carbocycles. The first-order valence-corrected chi connectivity index (χ1v) is 5.12. The van der Waals surface area contributed by atoms with Crippen molar-refractivity contribution in [3.63, 3.8) is 0 Å². The summed E-state index contributed by atoms with van der Waals surface area (Å²) in [7, 11) is 1.40. The molecular weight excluding hydrogens is 220 g/mol. The zero-order valence-corrected chi connectivity index (χ0v) is 9.35. The number of hydrogen-bond acceptors (Lipinski definition) is 2. The summed E-state index contributed by atoms with van der Waals surface area (Å²) in [4.78, 5) is 11.1. The molecule has 0 aliphatic heterocycles. The van der Waals surface area contributed by atoms with E-state index in [4.69, 9.17) is 0 Å². The summed E-state index contributed by atoms with van der Waals surface area (Å²) >= 11 is 3.25. The molecule has 12 heavy (non-hydrogen) atoms. The molecule has 0 heterocycles. The lowest BCUT2D eigenvalue weighted by Crippen LogP contribution is -2.07. The topological polar surface area (TPSA) is 26.3 Å². The monoisotopic (exact) mass is 234 g/mol. The van der Waals surface area contributed by atoms with Crippen LogP contribution in [0.15, 0.2) is 11.6 Å². The van der Waals surface area contributed by atoms with Gasteiger partial charge in [-0.1, -0.05) is 42.3 Å². The molecule has 0 aromatic heterocycles. The predicted molar refractivity (Wildman–Crippen MR) is 53.3 cm³/mol. The van der Waals surface area contributed by atoms with Crippen LogP contribution in [0.3, 0.4) is 0 Å². The molecule has 0 amide bonds. The van der Waals surface area contributed by atoms with Gasteiger partial charge in [-0.05, 0) is 5.92 Å². The number of ether oxygens (including phenoxy) is 1. The Bertz CT molecular complexity index is 175. The Morgan fingerprint density at radius 3 is 2.58 bits per heavy atom. The second-order valence-corrected chi connectivity index (χ2v) is 3.26. The van der Waals surface area contributed by atoms with Gasteiger partial charge in [-0.2, -0.15) is 0 Å². The average Bonchev–Trinajstić information content (AvgIpc) is 2.12. The third kappa shape index (κ3) is 3.90. The Hall–Kier alpha value is -0.310. The Labute approximate surface area is 82.1 Å². The minimum absolute atomic E-state index is 0.243. The Morgan fingerprint density at radius 1 is 1.67 bits per heavy atom. The first kappa shape index (κ1) is 11.7. The van der Waals surface area contributed by atoms with Crippen LogP contribution < -0.4 is 0 Å². The largest absolute Gasteiger partial charge is 0.466 e. The zero-order chi connectivity index (χ0) is 9.56. The molecule has 0 aromatic rings. The second-order valence-electron chi connectivity index (χ2n) is 2.70. The molecule has 0 radical (unpaired) electrons. The van der Waals surface area contributed by atoms with Crippen molar-refractivity contribution in [3.05, 3.63) is 11.6 Å². The highest BCUT2D eigenvalue weighted by molar-refractivity contribution is 9.09. The van der Waals surface area contributed by atoms with Crippen LogP contribution in [0.1, 0.15) is 20.3 Å². The fraction of sp³-hybridized carbons (Fsp3) is 0.667. The van der Waals surface area contributed by atoms with Crippen LogP contribution in [0.2, 0.25) is 0 Å². The van der Waals surface area contributed by atoms with Crippen LogP contribution in [0.4, 0.5) is 0 Å². The van der Waals surface area contributed by atoms with E-state index in [0.29, 0.717) is 16.8 Å². The quantitative estimate of drug-likeness (QED) is 0.425. The Morgan fingerprint density at radius 2 is 2.25 bits per heavy atom. The minimum Gasteiger partial charge on any atom is -0.466 e. The number of carbonyl (C=O) groups excluding carboxylic acids is 1. The summed E-state index contributed by atoms with van der Waals surface area (Å²) in [6, 6.07) is 0. The van der Waals surface area contributed by atoms with E-state index in [-0.39, 0.29) is 5.97 Å². The number of alkyl halides is 1. The molecular formula is C9H15BrO2. The maximum atomic E-state index is 11.1. The van der Waals surface area contributed by atoms with E-state index >= 15 is 0 Å². The molecule has 2 nitrogen and oxygen atoms in total. The number of hydrogen-bond donors (Lipinski definition) is 0. The van der Waals surface area contributed by atoms with Crippen molar-refractivity contribution in [2.75, 3.05) is 12.4 Å². The van der Waals surface area contributed by atoms with Gasteiger partial charge in [0.25, 0.3) is 0 Å². The lowest BCUT2D eigenvalue weighted by molar-refractivity contribution is -0.136. The van der Waals surface area contributed by atoms with Crippen LogP contribution in [-0.2, 0) is 9.53 Å². The number of esters is 1. The first-order valence-electron chi connectivity index (χ1n) is 4.00. The highest BCUT2D eigenvalue weighted by atomic mass is 79.9. The van der Waals surface area contributed by atoms with E-state index in [1.165, 1.54) is 7.11 Å². The molecule has 0 saturated carbocycles. The molecule has 70 valence electrons. The van der Waals surface area contributed by atoms with Crippen LogP contribution in [0.25, 0.3) is 0 Å². The standard InChI is InChI=1S/C9H15BrO2/c1-4-7(2)5-8(6-10)9(11)12-3/h5,7H,4,6H2,1-3H3/b8-5+/t7-/m0/s1. The molecule has 0 bridgehead atoms. The van der Waals surface area contributed by atoms with Crippen molar-refractivity contribution in [2.45, 2.75) is 20.3 Å². The van der Waals surface area contributed by atoms with Gasteiger partial charge in [-0.25, -0.2) is 4.79 Å². The van der Waals surface area contributed by atoms with E-state index in [0.717, 1.165) is 6.42 Å². The van der Waals surface area contributed by atoms with Gasteiger partial charge in [-0.15, -0.1) is 0 Å². The predicted octanol–water partition coefficient (Wildman–Crippen LogP) is 2.53. The highest BCUT2D eigenvalue weighted by Gasteiger charge is 2.08. The summed E-state index contributed by atoms with van der Waals surface area (Å²) in [5.41, 5.74) is 0.701. The highest BCUT2D eigenvalue weighted by Crippen LogP contribution is 2.10. The van der Waals surface area contributed by atoms with Crippen LogP contribution in [0, 0.1) is 5.92 Å². The van der Waals surface area contributed by atoms with Crippen molar-refractivity contribution in [1.29, 1.82) is 0 Å². The first-order chi connectivity index (χ1) is 5.65. The maximum Gasteiger partial charge on any atom is 0.334 e. The molecule has 0 spiro atoms. The molecule has 0 saturated heterocycles. The van der Waals surface area contributed by atoms with Crippen LogP contribution in [-0.4, -0.2) is 18.4 Å². The third-order valence-electron chi connectivity index (χ3n) is 1.72. The number of carbonyl (C=O) groups is 1. The Kier molecular flexibility index (Phi) is 6.07. The fourth-order valence-corrected chi connectivity index (χ4v) is 1.18. The number of rotatable bonds is 4. The molecule has 0 rings (SSSR count). The molecule has 0 aliphatic rings. The number of allylic oxidation sites excluding steroid dienone is 1. The Balaban J connectivity index is 4.32. The van der Waals surface area contributed by atoms with Gasteiger partial charge < -0.3 is 4.74 Å². The minimum atomic E-state index is -0.243. The molecule has 0 unspecified atom stereocenters. The van der Waals surface area contributed by atoms with Gasteiger partial charge >= 0.3 is 5.97 Å². The molecule has 1 atom stereocenters. The summed E-state index contributed by atoms with van der Waals surface area (Å²) in [6.07, 6.45) is 2.98. The molecule has 0 fully saturated rings. The van der Waals surface area contributed by atoms with E-state index in [1.54, 1.807) is 0 Å². The summed E-state index contributed by atoms with van der Waals surface area (Å²) in [5.74, 6) is 0.184. The van der Waals surface area contributed by atoms with Gasteiger partial charge in [0.15, 0.2) is 0 Å².